The maximum absolute atomic E-state index is 11.3. The van der Waals surface area contributed by atoms with E-state index in [1.54, 1.807) is 13.0 Å². The van der Waals surface area contributed by atoms with Crippen molar-refractivity contribution >= 4 is 21.5 Å². The molecule has 3 nitrogen and oxygen atoms in total. The first-order valence-electron chi connectivity index (χ1n) is 6.54. The molecule has 1 rings (SSSR count). The lowest BCUT2D eigenvalue weighted by molar-refractivity contribution is -0.418. The quantitative estimate of drug-likeness (QED) is 0.421. The number of hydrogen-bond acceptors (Lipinski definition) is 2. The van der Waals surface area contributed by atoms with Gasteiger partial charge in [0.1, 0.15) is 0 Å². The van der Waals surface area contributed by atoms with Gasteiger partial charge in [-0.3, -0.25) is 10.1 Å². The third-order valence-corrected chi connectivity index (χ3v) is 3.94. The summed E-state index contributed by atoms with van der Waals surface area (Å²) in [6, 6.07) is 5.79. The number of allylic oxidation sites excluding steroid dienone is 3. The second-order valence-electron chi connectivity index (χ2n) is 5.27. The molecule has 0 aliphatic rings. The number of nitro groups is 1. The Morgan fingerprint density at radius 2 is 1.95 bits per heavy atom. The molecule has 20 heavy (non-hydrogen) atoms. The average Bonchev–Trinajstić information content (AvgIpc) is 2.34. The molecule has 0 saturated carbocycles. The normalized spacial score (nSPS) is 13.4. The van der Waals surface area contributed by atoms with Crippen LogP contribution in [0.25, 0.3) is 5.57 Å². The molecule has 0 radical (unpaired) electrons. The first-order valence-corrected chi connectivity index (χ1v) is 7.33. The van der Waals surface area contributed by atoms with E-state index in [-0.39, 0.29) is 10.6 Å². The Morgan fingerprint density at radius 3 is 2.40 bits per heavy atom. The van der Waals surface area contributed by atoms with E-state index in [0.29, 0.717) is 11.5 Å². The molecule has 108 valence electrons. The highest BCUT2D eigenvalue weighted by Crippen LogP contribution is 2.26. The maximum Gasteiger partial charge on any atom is 0.272 e. The van der Waals surface area contributed by atoms with Crippen LogP contribution in [0.5, 0.6) is 0 Å². The van der Waals surface area contributed by atoms with Crippen molar-refractivity contribution in [2.24, 2.45) is 5.92 Å². The molecule has 0 saturated heterocycles. The molecule has 0 heterocycles. The van der Waals surface area contributed by atoms with Gasteiger partial charge in [0, 0.05) is 16.1 Å². The van der Waals surface area contributed by atoms with Crippen molar-refractivity contribution in [3.8, 4) is 0 Å². The van der Waals surface area contributed by atoms with Gasteiger partial charge in [-0.25, -0.2) is 0 Å². The third kappa shape index (κ3) is 4.04. The molecule has 4 heteroatoms. The molecule has 1 aromatic rings. The van der Waals surface area contributed by atoms with Crippen LogP contribution >= 0.6 is 15.9 Å². The number of halogens is 1. The molecular weight excluding hydrogens is 318 g/mol. The van der Waals surface area contributed by atoms with Crippen molar-refractivity contribution in [1.82, 2.24) is 0 Å². The van der Waals surface area contributed by atoms with Gasteiger partial charge >= 0.3 is 0 Å². The molecular formula is C16H20BrNO2. The van der Waals surface area contributed by atoms with Gasteiger partial charge in [0.15, 0.2) is 0 Å². The average molecular weight is 338 g/mol. The van der Waals surface area contributed by atoms with Crippen molar-refractivity contribution in [2.45, 2.75) is 34.6 Å². The molecule has 0 aromatic heterocycles. The first kappa shape index (κ1) is 16.6. The van der Waals surface area contributed by atoms with Crippen LogP contribution in [0.4, 0.5) is 0 Å². The molecule has 0 unspecified atom stereocenters. The Balaban J connectivity index is 3.43. The number of rotatable bonds is 4. The van der Waals surface area contributed by atoms with Crippen molar-refractivity contribution in [1.29, 1.82) is 0 Å². The van der Waals surface area contributed by atoms with Crippen molar-refractivity contribution in [3.05, 3.63) is 61.3 Å². The summed E-state index contributed by atoms with van der Waals surface area (Å²) < 4.78 is 0.975. The monoisotopic (exact) mass is 337 g/mol. The predicted molar refractivity (Wildman–Crippen MR) is 87.1 cm³/mol. The largest absolute Gasteiger partial charge is 0.272 e. The van der Waals surface area contributed by atoms with Gasteiger partial charge in [-0.2, -0.15) is 0 Å². The van der Waals surface area contributed by atoms with Gasteiger partial charge in [0.25, 0.3) is 5.70 Å². The van der Waals surface area contributed by atoms with E-state index in [9.17, 15) is 10.1 Å². The standard InChI is InChI=1S/C16H20BrNO2/c1-10(2)11(3)9-16(18(19)20)13(5)15-7-6-14(17)8-12(15)4/h6-10H,1-5H3/b11-9+,16-13+. The highest BCUT2D eigenvalue weighted by molar-refractivity contribution is 9.10. The second-order valence-corrected chi connectivity index (χ2v) is 6.19. The van der Waals surface area contributed by atoms with Gasteiger partial charge < -0.3 is 0 Å². The summed E-state index contributed by atoms with van der Waals surface area (Å²) in [5.74, 6) is 0.295. The van der Waals surface area contributed by atoms with Crippen molar-refractivity contribution in [2.75, 3.05) is 0 Å². The van der Waals surface area contributed by atoms with Crippen LogP contribution in [0.1, 0.15) is 38.8 Å². The molecule has 0 amide bonds. The lowest BCUT2D eigenvalue weighted by Crippen LogP contribution is -2.02. The topological polar surface area (TPSA) is 43.1 Å². The molecule has 0 spiro atoms. The zero-order valence-corrected chi connectivity index (χ0v) is 14.1. The van der Waals surface area contributed by atoms with Crippen LogP contribution < -0.4 is 0 Å². The lowest BCUT2D eigenvalue weighted by Gasteiger charge is -2.09. The Morgan fingerprint density at radius 1 is 1.35 bits per heavy atom. The number of benzene rings is 1. The fraction of sp³-hybridized carbons (Fsp3) is 0.375. The van der Waals surface area contributed by atoms with Crippen LogP contribution in [0.3, 0.4) is 0 Å². The number of hydrogen-bond donors (Lipinski definition) is 0. The van der Waals surface area contributed by atoms with Crippen LogP contribution in [-0.2, 0) is 0 Å². The van der Waals surface area contributed by atoms with E-state index in [1.165, 1.54) is 0 Å². The summed E-state index contributed by atoms with van der Waals surface area (Å²) in [6.45, 7) is 9.75. The molecule has 1 aromatic carbocycles. The highest BCUT2D eigenvalue weighted by atomic mass is 79.9. The zero-order valence-electron chi connectivity index (χ0n) is 12.5. The smallest absolute Gasteiger partial charge is 0.258 e. The van der Waals surface area contributed by atoms with Gasteiger partial charge in [-0.1, -0.05) is 41.4 Å². The summed E-state index contributed by atoms with van der Waals surface area (Å²) in [4.78, 5) is 11.0. The van der Waals surface area contributed by atoms with Crippen LogP contribution in [-0.4, -0.2) is 4.92 Å². The van der Waals surface area contributed by atoms with Crippen LogP contribution in [0.15, 0.2) is 40.0 Å². The van der Waals surface area contributed by atoms with Gasteiger partial charge in [0.2, 0.25) is 0 Å². The summed E-state index contributed by atoms with van der Waals surface area (Å²) in [6.07, 6.45) is 1.68. The van der Waals surface area contributed by atoms with Gasteiger partial charge in [-0.05, 0) is 49.9 Å². The van der Waals surface area contributed by atoms with E-state index in [1.807, 2.05) is 45.9 Å². The summed E-state index contributed by atoms with van der Waals surface area (Å²) >= 11 is 3.41. The summed E-state index contributed by atoms with van der Waals surface area (Å²) in [5, 5.41) is 11.3. The minimum Gasteiger partial charge on any atom is -0.258 e. The molecule has 0 N–H and O–H groups in total. The van der Waals surface area contributed by atoms with E-state index >= 15 is 0 Å². The fourth-order valence-corrected chi connectivity index (χ4v) is 2.34. The van der Waals surface area contributed by atoms with E-state index in [0.717, 1.165) is 21.2 Å². The third-order valence-electron chi connectivity index (χ3n) is 3.45. The maximum atomic E-state index is 11.3. The molecule has 0 bridgehead atoms. The highest BCUT2D eigenvalue weighted by Gasteiger charge is 2.16. The Hall–Kier alpha value is -1.42. The van der Waals surface area contributed by atoms with Crippen molar-refractivity contribution < 1.29 is 4.92 Å². The number of aryl methyl sites for hydroxylation is 1. The van der Waals surface area contributed by atoms with Crippen molar-refractivity contribution in [3.63, 3.8) is 0 Å². The molecule has 0 aliphatic carbocycles. The van der Waals surface area contributed by atoms with Gasteiger partial charge in [-0.15, -0.1) is 0 Å². The molecule has 0 aliphatic heterocycles. The molecule has 0 fully saturated rings. The zero-order chi connectivity index (χ0) is 15.4. The number of nitrogens with zero attached hydrogens (tertiary/aromatic N) is 1. The summed E-state index contributed by atoms with van der Waals surface area (Å²) in [5.41, 5.74) is 3.80. The van der Waals surface area contributed by atoms with E-state index < -0.39 is 0 Å². The molecule has 0 atom stereocenters. The SMILES string of the molecule is C/C(=C\C(=C(\C)c1ccc(Br)cc1C)[N+](=O)[O-])C(C)C. The minimum atomic E-state index is -0.303. The fourth-order valence-electron chi connectivity index (χ4n) is 1.87. The predicted octanol–water partition coefficient (Wildman–Crippen LogP) is 5.37. The lowest BCUT2D eigenvalue weighted by atomic mass is 9.98. The van der Waals surface area contributed by atoms with E-state index in [2.05, 4.69) is 15.9 Å². The first-order chi connectivity index (χ1) is 9.23. The Bertz CT molecular complexity index is 586. The summed E-state index contributed by atoms with van der Waals surface area (Å²) in [7, 11) is 0. The Kier molecular flexibility index (Phi) is 5.69. The van der Waals surface area contributed by atoms with Gasteiger partial charge in [0.05, 0.1) is 4.92 Å². The minimum absolute atomic E-state index is 0.168. The van der Waals surface area contributed by atoms with E-state index in [4.69, 9.17) is 0 Å². The Labute approximate surface area is 128 Å². The second kappa shape index (κ2) is 6.84. The van der Waals surface area contributed by atoms with Crippen LogP contribution in [0.2, 0.25) is 0 Å². The van der Waals surface area contributed by atoms with Crippen LogP contribution in [0, 0.1) is 23.0 Å².